The molecule has 1 aromatic carbocycles. The Morgan fingerprint density at radius 2 is 1.68 bits per heavy atom. The molecule has 0 bridgehead atoms. The van der Waals surface area contributed by atoms with Crippen LogP contribution in [0.2, 0.25) is 0 Å². The van der Waals surface area contributed by atoms with Crippen LogP contribution in [0.25, 0.3) is 10.9 Å². The van der Waals surface area contributed by atoms with Gasteiger partial charge in [-0.25, -0.2) is 4.79 Å². The third kappa shape index (κ3) is 10.4. The molecule has 0 unspecified atom stereocenters. The highest BCUT2D eigenvalue weighted by molar-refractivity contribution is 7.99. The summed E-state index contributed by atoms with van der Waals surface area (Å²) in [6.07, 6.45) is -1.21. The zero-order valence-electron chi connectivity index (χ0n) is 28.6. The Hall–Kier alpha value is -4.19. The van der Waals surface area contributed by atoms with Gasteiger partial charge in [-0.05, 0) is 37.8 Å². The zero-order valence-corrected chi connectivity index (χ0v) is 29.4. The number of hydrogen-bond acceptors (Lipinski definition) is 10. The number of thioether (sulfide) groups is 1. The van der Waals surface area contributed by atoms with Gasteiger partial charge < -0.3 is 46.5 Å². The molecule has 0 aliphatic carbocycles. The van der Waals surface area contributed by atoms with E-state index in [1.165, 1.54) is 13.8 Å². The van der Waals surface area contributed by atoms with Crippen LogP contribution in [0.1, 0.15) is 39.7 Å². The first-order chi connectivity index (χ1) is 23.7. The number of amides is 5. The number of hydrogen-bond donors (Lipinski definition) is 8. The van der Waals surface area contributed by atoms with Crippen molar-refractivity contribution in [3.05, 3.63) is 29.8 Å². The second kappa shape index (κ2) is 17.6. The summed E-state index contributed by atoms with van der Waals surface area (Å²) in [5.74, 6) is -4.99. The molecule has 3 heterocycles. The summed E-state index contributed by atoms with van der Waals surface area (Å²) in [6, 6.07) is 0.887. The molecule has 16 nitrogen and oxygen atoms in total. The van der Waals surface area contributed by atoms with Crippen LogP contribution in [0.4, 0.5) is 0 Å². The third-order valence-corrected chi connectivity index (χ3v) is 9.61. The number of aromatic amines is 1. The first-order valence-corrected chi connectivity index (χ1v) is 17.7. The van der Waals surface area contributed by atoms with Gasteiger partial charge in [0.15, 0.2) is 0 Å². The first kappa shape index (κ1) is 38.6. The van der Waals surface area contributed by atoms with E-state index < -0.39 is 71.8 Å². The summed E-state index contributed by atoms with van der Waals surface area (Å²) in [5, 5.41) is 34.6. The van der Waals surface area contributed by atoms with Crippen LogP contribution >= 0.6 is 11.8 Å². The Kier molecular flexibility index (Phi) is 13.6. The highest BCUT2D eigenvalue weighted by Gasteiger charge is 2.34. The third-order valence-electron chi connectivity index (χ3n) is 8.47. The number of fused-ring (bicyclic) bond motifs is 3. The molecule has 1 aromatic heterocycles. The van der Waals surface area contributed by atoms with Crippen LogP contribution in [-0.4, -0.2) is 131 Å². The molecule has 4 rings (SSSR count). The van der Waals surface area contributed by atoms with Crippen LogP contribution in [0, 0.1) is 5.92 Å². The SMILES string of the molecule is CC(C)C[C@@H]1NC(=O)[C@@H](NC(=O)CN2CCOCC2)Cc2c([nH]c3ccccc23)SC[C@@H](C(=O)O)NC(=O)[C@H]([C@@H](C)O)NC(=O)[C@@H](C)NC1=O. The highest BCUT2D eigenvalue weighted by atomic mass is 32.2. The van der Waals surface area contributed by atoms with Crippen molar-refractivity contribution in [3.8, 4) is 0 Å². The maximum Gasteiger partial charge on any atom is 0.327 e. The number of benzene rings is 1. The van der Waals surface area contributed by atoms with Crippen molar-refractivity contribution in [2.24, 2.45) is 5.92 Å². The molecule has 6 atom stereocenters. The van der Waals surface area contributed by atoms with E-state index >= 15 is 0 Å². The van der Waals surface area contributed by atoms with Gasteiger partial charge in [0.1, 0.15) is 30.2 Å². The molecule has 1 saturated heterocycles. The lowest BCUT2D eigenvalue weighted by molar-refractivity contribution is -0.142. The van der Waals surface area contributed by atoms with Crippen molar-refractivity contribution in [3.63, 3.8) is 0 Å². The van der Waals surface area contributed by atoms with Gasteiger partial charge in [-0.2, -0.15) is 0 Å². The number of carboxylic acid groups (broad SMARTS) is 1. The van der Waals surface area contributed by atoms with E-state index in [1.807, 2.05) is 43.0 Å². The van der Waals surface area contributed by atoms with Gasteiger partial charge in [-0.3, -0.25) is 28.9 Å². The summed E-state index contributed by atoms with van der Waals surface area (Å²) in [4.78, 5) is 84.8. The van der Waals surface area contributed by atoms with E-state index in [2.05, 4.69) is 31.6 Å². The lowest BCUT2D eigenvalue weighted by Gasteiger charge is -2.28. The fourth-order valence-electron chi connectivity index (χ4n) is 5.76. The first-order valence-electron chi connectivity index (χ1n) is 16.7. The summed E-state index contributed by atoms with van der Waals surface area (Å²) >= 11 is 1.09. The maximum absolute atomic E-state index is 14.1. The molecule has 0 saturated carbocycles. The number of carbonyl (C=O) groups is 6. The number of nitrogens with one attached hydrogen (secondary N) is 6. The van der Waals surface area contributed by atoms with Crippen molar-refractivity contribution in [2.45, 2.75) is 81.9 Å². The fraction of sp³-hybridized carbons (Fsp3) is 0.576. The molecule has 50 heavy (non-hydrogen) atoms. The normalized spacial score (nSPS) is 25.7. The van der Waals surface area contributed by atoms with Crippen molar-refractivity contribution < 1.29 is 43.7 Å². The van der Waals surface area contributed by atoms with Crippen LogP contribution in [0.3, 0.4) is 0 Å². The molecule has 2 aliphatic rings. The number of aromatic nitrogens is 1. The Morgan fingerprint density at radius 1 is 0.980 bits per heavy atom. The average Bonchev–Trinajstić information content (AvgIpc) is 3.40. The van der Waals surface area contributed by atoms with E-state index in [4.69, 9.17) is 4.74 Å². The molecule has 8 N–H and O–H groups in total. The number of carboxylic acids is 1. The highest BCUT2D eigenvalue weighted by Crippen LogP contribution is 2.31. The van der Waals surface area contributed by atoms with Gasteiger partial charge in [0, 0.05) is 36.2 Å². The topological polar surface area (TPSA) is 231 Å². The number of H-pyrrole nitrogens is 1. The lowest BCUT2D eigenvalue weighted by atomic mass is 10.0. The van der Waals surface area contributed by atoms with E-state index in [0.717, 1.165) is 17.1 Å². The second-order valence-electron chi connectivity index (χ2n) is 13.0. The Bertz CT molecular complexity index is 1560. The molecule has 5 amide bonds. The van der Waals surface area contributed by atoms with Crippen LogP contribution in [0.5, 0.6) is 0 Å². The number of aliphatic carboxylic acids is 1. The number of rotatable bonds is 7. The van der Waals surface area contributed by atoms with Crippen LogP contribution in [0.15, 0.2) is 29.3 Å². The summed E-state index contributed by atoms with van der Waals surface area (Å²) in [5.41, 5.74) is 1.33. The van der Waals surface area contributed by atoms with Gasteiger partial charge in [-0.1, -0.05) is 32.0 Å². The Balaban J connectivity index is 1.75. The van der Waals surface area contributed by atoms with Gasteiger partial charge in [0.2, 0.25) is 29.5 Å². The van der Waals surface area contributed by atoms with E-state index in [0.29, 0.717) is 42.4 Å². The minimum absolute atomic E-state index is 0.0178. The molecule has 274 valence electrons. The largest absolute Gasteiger partial charge is 0.480 e. The van der Waals surface area contributed by atoms with Crippen molar-refractivity contribution in [1.29, 1.82) is 0 Å². The molecule has 0 spiro atoms. The molecule has 2 aromatic rings. The Morgan fingerprint density at radius 3 is 2.34 bits per heavy atom. The van der Waals surface area contributed by atoms with E-state index in [1.54, 1.807) is 0 Å². The quantitative estimate of drug-likeness (QED) is 0.175. The monoisotopic (exact) mass is 717 g/mol. The fourth-order valence-corrected chi connectivity index (χ4v) is 6.87. The molecular formula is C33H47N7O9S. The number of carbonyl (C=O) groups excluding carboxylic acids is 5. The average molecular weight is 718 g/mol. The zero-order chi connectivity index (χ0) is 36.5. The van der Waals surface area contributed by atoms with Gasteiger partial charge in [0.05, 0.1) is 30.9 Å². The van der Waals surface area contributed by atoms with Gasteiger partial charge in [-0.15, -0.1) is 11.8 Å². The number of nitrogens with zero attached hydrogens (tertiary/aromatic N) is 1. The number of aliphatic hydroxyl groups is 1. The molecule has 1 fully saturated rings. The van der Waals surface area contributed by atoms with Crippen molar-refractivity contribution >= 4 is 58.2 Å². The molecule has 0 radical (unpaired) electrons. The predicted molar refractivity (Wildman–Crippen MR) is 184 cm³/mol. The summed E-state index contributed by atoms with van der Waals surface area (Å²) in [6.45, 7) is 8.47. The van der Waals surface area contributed by atoms with Crippen molar-refractivity contribution in [2.75, 3.05) is 38.6 Å². The van der Waals surface area contributed by atoms with E-state index in [-0.39, 0.29) is 31.1 Å². The number of aliphatic hydroxyl groups excluding tert-OH is 1. The standard InChI is InChI=1S/C33H47N7O9S/c1-17(2)13-23-29(44)34-18(3)28(43)39-27(19(4)41)31(46)37-25(33(47)48)16-50-32-21(20-7-5-6-8-22(20)38-32)14-24(30(45)36-23)35-26(42)15-40-9-11-49-12-10-40/h5-8,17-19,23-25,27,38,41H,9-16H2,1-4H3,(H,34,44)(H,35,42)(H,36,45)(H,37,46)(H,39,43)(H,47,48)/t18-,19-,23+,24+,25+,27+/m1/s1. The second-order valence-corrected chi connectivity index (χ2v) is 14.1. The minimum atomic E-state index is -1.52. The Labute approximate surface area is 294 Å². The molecular weight excluding hydrogens is 670 g/mol. The number of morpholine rings is 1. The smallest absolute Gasteiger partial charge is 0.327 e. The number of para-hydroxylation sites is 1. The molecule has 2 aliphatic heterocycles. The maximum atomic E-state index is 14.1. The van der Waals surface area contributed by atoms with Gasteiger partial charge >= 0.3 is 5.97 Å². The van der Waals surface area contributed by atoms with Crippen LogP contribution in [-0.2, 0) is 39.9 Å². The van der Waals surface area contributed by atoms with Crippen molar-refractivity contribution in [1.82, 2.24) is 36.5 Å². The molecule has 17 heteroatoms. The minimum Gasteiger partial charge on any atom is -0.480 e. The predicted octanol–water partition coefficient (Wildman–Crippen LogP) is -0.896. The summed E-state index contributed by atoms with van der Waals surface area (Å²) in [7, 11) is 0. The summed E-state index contributed by atoms with van der Waals surface area (Å²) < 4.78 is 5.38. The number of ether oxygens (including phenoxy) is 1. The lowest BCUT2D eigenvalue weighted by Crippen LogP contribution is -2.60. The van der Waals surface area contributed by atoms with E-state index in [9.17, 15) is 39.0 Å². The van der Waals surface area contributed by atoms with Gasteiger partial charge in [0.25, 0.3) is 0 Å². The van der Waals surface area contributed by atoms with Crippen LogP contribution < -0.4 is 26.6 Å².